The number of rotatable bonds is 7. The second kappa shape index (κ2) is 8.61. The summed E-state index contributed by atoms with van der Waals surface area (Å²) in [6.07, 6.45) is 5.13. The van der Waals surface area contributed by atoms with Gasteiger partial charge in [-0.2, -0.15) is 5.10 Å². The Bertz CT molecular complexity index is 954. The van der Waals surface area contributed by atoms with Crippen LogP contribution in [0.2, 0.25) is 0 Å². The van der Waals surface area contributed by atoms with Crippen molar-refractivity contribution in [3.05, 3.63) is 66.4 Å². The number of amides is 1. The SMILES string of the molecule is O=C(CCc1ccc(-c2ccccc2F)o1)N[C@@H]1CC(Cn2cccn2)C[C@H]1O. The molecule has 7 heteroatoms. The van der Waals surface area contributed by atoms with Crippen molar-refractivity contribution >= 4 is 5.91 Å². The normalized spacial score (nSPS) is 21.4. The van der Waals surface area contributed by atoms with E-state index in [0.29, 0.717) is 29.9 Å². The standard InChI is InChI=1S/C22H24FN3O3/c23-18-5-2-1-4-17(18)21-8-6-16(29-21)7-9-22(28)25-19-12-15(13-20(19)27)14-26-11-3-10-24-26/h1-6,8,10-11,15,19-20,27H,7,9,12-14H2,(H,25,28)/t15?,19-,20-/m1/s1. The van der Waals surface area contributed by atoms with Crippen LogP contribution >= 0.6 is 0 Å². The molecule has 3 atom stereocenters. The maximum absolute atomic E-state index is 13.9. The molecule has 0 spiro atoms. The molecule has 0 aliphatic heterocycles. The first kappa shape index (κ1) is 19.4. The zero-order chi connectivity index (χ0) is 20.2. The Hall–Kier alpha value is -2.93. The minimum Gasteiger partial charge on any atom is -0.461 e. The van der Waals surface area contributed by atoms with Crippen LogP contribution in [-0.2, 0) is 17.8 Å². The second-order valence-corrected chi connectivity index (χ2v) is 7.55. The van der Waals surface area contributed by atoms with Crippen LogP contribution in [0, 0.1) is 11.7 Å². The molecule has 2 aromatic heterocycles. The molecule has 0 saturated heterocycles. The molecule has 1 aliphatic rings. The highest BCUT2D eigenvalue weighted by Gasteiger charge is 2.34. The zero-order valence-electron chi connectivity index (χ0n) is 16.0. The first-order valence-corrected chi connectivity index (χ1v) is 9.87. The summed E-state index contributed by atoms with van der Waals surface area (Å²) in [5, 5.41) is 17.4. The third kappa shape index (κ3) is 4.74. The average Bonchev–Trinajstić information content (AvgIpc) is 3.44. The fourth-order valence-corrected chi connectivity index (χ4v) is 3.93. The van der Waals surface area contributed by atoms with Crippen LogP contribution in [0.1, 0.15) is 25.0 Å². The van der Waals surface area contributed by atoms with Crippen LogP contribution in [0.25, 0.3) is 11.3 Å². The van der Waals surface area contributed by atoms with Gasteiger partial charge in [0.1, 0.15) is 17.3 Å². The fourth-order valence-electron chi connectivity index (χ4n) is 3.93. The summed E-state index contributed by atoms with van der Waals surface area (Å²) in [4.78, 5) is 12.3. The third-order valence-electron chi connectivity index (χ3n) is 5.38. The molecule has 3 aromatic rings. The van der Waals surface area contributed by atoms with Gasteiger partial charge in [-0.25, -0.2) is 4.39 Å². The number of aliphatic hydroxyl groups excluding tert-OH is 1. The Labute approximate surface area is 168 Å². The fraction of sp³-hybridized carbons (Fsp3) is 0.364. The minimum atomic E-state index is -0.546. The summed E-state index contributed by atoms with van der Waals surface area (Å²) in [5.74, 6) is 0.889. The molecule has 6 nitrogen and oxygen atoms in total. The molecule has 1 unspecified atom stereocenters. The van der Waals surface area contributed by atoms with E-state index in [-0.39, 0.29) is 30.1 Å². The number of carbonyl (C=O) groups is 1. The van der Waals surface area contributed by atoms with Gasteiger partial charge in [0.05, 0.1) is 17.7 Å². The van der Waals surface area contributed by atoms with Crippen LogP contribution in [0.15, 0.2) is 59.3 Å². The Morgan fingerprint density at radius 3 is 2.90 bits per heavy atom. The Morgan fingerprint density at radius 1 is 1.24 bits per heavy atom. The van der Waals surface area contributed by atoms with Gasteiger partial charge in [-0.1, -0.05) is 12.1 Å². The summed E-state index contributed by atoms with van der Waals surface area (Å²) in [6.45, 7) is 0.738. The van der Waals surface area contributed by atoms with Gasteiger partial charge >= 0.3 is 0 Å². The number of nitrogens with zero attached hydrogens (tertiary/aromatic N) is 2. The first-order chi connectivity index (χ1) is 14.1. The van der Waals surface area contributed by atoms with E-state index in [1.807, 2.05) is 16.9 Å². The highest BCUT2D eigenvalue weighted by Crippen LogP contribution is 2.28. The first-order valence-electron chi connectivity index (χ1n) is 9.87. The Morgan fingerprint density at radius 2 is 2.10 bits per heavy atom. The molecule has 0 bridgehead atoms. The van der Waals surface area contributed by atoms with Crippen molar-refractivity contribution in [3.8, 4) is 11.3 Å². The predicted octanol–water partition coefficient (Wildman–Crippen LogP) is 3.17. The highest BCUT2D eigenvalue weighted by molar-refractivity contribution is 5.76. The van der Waals surface area contributed by atoms with Gasteiger partial charge in [0.25, 0.3) is 0 Å². The van der Waals surface area contributed by atoms with Gasteiger partial charge in [0.2, 0.25) is 5.91 Å². The molecular weight excluding hydrogens is 373 g/mol. The summed E-state index contributed by atoms with van der Waals surface area (Å²) >= 11 is 0. The number of aliphatic hydroxyl groups is 1. The van der Waals surface area contributed by atoms with Crippen molar-refractivity contribution in [2.24, 2.45) is 5.92 Å². The lowest BCUT2D eigenvalue weighted by Crippen LogP contribution is -2.40. The van der Waals surface area contributed by atoms with Gasteiger partial charge in [-0.05, 0) is 49.1 Å². The van der Waals surface area contributed by atoms with E-state index in [0.717, 1.165) is 13.0 Å². The monoisotopic (exact) mass is 397 g/mol. The maximum atomic E-state index is 13.9. The highest BCUT2D eigenvalue weighted by atomic mass is 19.1. The van der Waals surface area contributed by atoms with Gasteiger partial charge < -0.3 is 14.8 Å². The molecule has 1 saturated carbocycles. The molecule has 4 rings (SSSR count). The molecule has 1 amide bonds. The molecule has 2 N–H and O–H groups in total. The van der Waals surface area contributed by atoms with Crippen LogP contribution in [0.5, 0.6) is 0 Å². The quantitative estimate of drug-likeness (QED) is 0.642. The second-order valence-electron chi connectivity index (χ2n) is 7.55. The number of halogens is 1. The number of nitrogens with one attached hydrogen (secondary N) is 1. The lowest BCUT2D eigenvalue weighted by Gasteiger charge is -2.16. The van der Waals surface area contributed by atoms with Gasteiger partial charge in [-0.15, -0.1) is 0 Å². The van der Waals surface area contributed by atoms with E-state index in [1.54, 1.807) is 36.5 Å². The minimum absolute atomic E-state index is 0.127. The molecule has 1 aromatic carbocycles. The maximum Gasteiger partial charge on any atom is 0.220 e. The molecule has 1 aliphatic carbocycles. The number of benzene rings is 1. The van der Waals surface area contributed by atoms with E-state index in [4.69, 9.17) is 4.42 Å². The van der Waals surface area contributed by atoms with Crippen molar-refractivity contribution < 1.29 is 18.7 Å². The van der Waals surface area contributed by atoms with Crippen LogP contribution in [0.3, 0.4) is 0 Å². The number of hydrogen-bond acceptors (Lipinski definition) is 4. The van der Waals surface area contributed by atoms with Gasteiger partial charge in [0.15, 0.2) is 0 Å². The Kier molecular flexibility index (Phi) is 5.76. The number of hydrogen-bond donors (Lipinski definition) is 2. The summed E-state index contributed by atoms with van der Waals surface area (Å²) in [6, 6.07) is 11.5. The Balaban J connectivity index is 1.27. The largest absolute Gasteiger partial charge is 0.461 e. The molecule has 152 valence electrons. The molecule has 29 heavy (non-hydrogen) atoms. The number of furan rings is 1. The smallest absolute Gasteiger partial charge is 0.220 e. The van der Waals surface area contributed by atoms with Gasteiger partial charge in [0, 0.05) is 31.8 Å². The number of aromatic nitrogens is 2. The lowest BCUT2D eigenvalue weighted by molar-refractivity contribution is -0.122. The van der Waals surface area contributed by atoms with E-state index in [2.05, 4.69) is 10.4 Å². The van der Waals surface area contributed by atoms with Crippen molar-refractivity contribution in [3.63, 3.8) is 0 Å². The molecule has 1 fully saturated rings. The van der Waals surface area contributed by atoms with Crippen LogP contribution in [0.4, 0.5) is 4.39 Å². The topological polar surface area (TPSA) is 80.3 Å². The predicted molar refractivity (Wildman–Crippen MR) is 105 cm³/mol. The van der Waals surface area contributed by atoms with Crippen LogP contribution in [-0.4, -0.2) is 32.9 Å². The van der Waals surface area contributed by atoms with Crippen LogP contribution < -0.4 is 5.32 Å². The van der Waals surface area contributed by atoms with E-state index < -0.39 is 6.10 Å². The van der Waals surface area contributed by atoms with E-state index in [1.165, 1.54) is 6.07 Å². The van der Waals surface area contributed by atoms with Crippen molar-refractivity contribution in [1.82, 2.24) is 15.1 Å². The zero-order valence-corrected chi connectivity index (χ0v) is 16.0. The summed E-state index contributed by atoms with van der Waals surface area (Å²) in [7, 11) is 0. The van der Waals surface area contributed by atoms with Crippen molar-refractivity contribution in [2.75, 3.05) is 0 Å². The van der Waals surface area contributed by atoms with Crippen molar-refractivity contribution in [1.29, 1.82) is 0 Å². The molecule has 2 heterocycles. The molecular formula is C22H24FN3O3. The lowest BCUT2D eigenvalue weighted by atomic mass is 10.1. The van der Waals surface area contributed by atoms with E-state index in [9.17, 15) is 14.3 Å². The number of aryl methyl sites for hydroxylation is 1. The van der Waals surface area contributed by atoms with E-state index >= 15 is 0 Å². The average molecular weight is 397 g/mol. The van der Waals surface area contributed by atoms with Gasteiger partial charge in [-0.3, -0.25) is 9.48 Å². The number of carbonyl (C=O) groups excluding carboxylic acids is 1. The third-order valence-corrected chi connectivity index (χ3v) is 5.38. The van der Waals surface area contributed by atoms with Crippen molar-refractivity contribution in [2.45, 2.75) is 44.4 Å². The summed E-state index contributed by atoms with van der Waals surface area (Å²) in [5.41, 5.74) is 0.403. The summed E-state index contributed by atoms with van der Waals surface area (Å²) < 4.78 is 21.4. The molecule has 0 radical (unpaired) electrons.